The lowest BCUT2D eigenvalue weighted by atomic mass is 10.2. The Morgan fingerprint density at radius 3 is 2.71 bits per heavy atom. The molecule has 1 rings (SSSR count). The van der Waals surface area contributed by atoms with Crippen molar-refractivity contribution in [3.8, 4) is 0 Å². The van der Waals surface area contributed by atoms with Crippen LogP contribution in [0.15, 0.2) is 6.07 Å². The van der Waals surface area contributed by atoms with E-state index >= 15 is 0 Å². The number of aliphatic hydroxyl groups excluding tert-OH is 1. The van der Waals surface area contributed by atoms with E-state index < -0.39 is 0 Å². The van der Waals surface area contributed by atoms with Crippen molar-refractivity contribution in [2.75, 3.05) is 6.54 Å². The summed E-state index contributed by atoms with van der Waals surface area (Å²) in [5, 5.41) is 12.6. The Bertz CT molecular complexity index is 263. The third-order valence-electron chi connectivity index (χ3n) is 2.37. The van der Waals surface area contributed by atoms with Crippen LogP contribution in [0.4, 0.5) is 0 Å². The van der Waals surface area contributed by atoms with E-state index in [2.05, 4.69) is 25.2 Å². The molecule has 1 unspecified atom stereocenters. The number of thiophene rings is 1. The molecule has 0 bridgehead atoms. The van der Waals surface area contributed by atoms with Gasteiger partial charge in [-0.15, -0.1) is 11.3 Å². The van der Waals surface area contributed by atoms with Crippen LogP contribution in [0, 0.1) is 13.8 Å². The van der Waals surface area contributed by atoms with Crippen LogP contribution < -0.4 is 5.32 Å². The topological polar surface area (TPSA) is 32.3 Å². The molecule has 3 heteroatoms. The largest absolute Gasteiger partial charge is 0.392 e. The van der Waals surface area contributed by atoms with Crippen molar-refractivity contribution in [1.82, 2.24) is 5.32 Å². The third kappa shape index (κ3) is 3.40. The third-order valence-corrected chi connectivity index (χ3v) is 3.52. The summed E-state index contributed by atoms with van der Waals surface area (Å²) in [7, 11) is 0. The van der Waals surface area contributed by atoms with Gasteiger partial charge >= 0.3 is 0 Å². The Hall–Kier alpha value is -0.380. The fraction of sp³-hybridized carbons (Fsp3) is 0.636. The lowest BCUT2D eigenvalue weighted by Gasteiger charge is -2.07. The number of nitrogens with one attached hydrogen (secondary N) is 1. The molecule has 1 atom stereocenters. The van der Waals surface area contributed by atoms with Gasteiger partial charge in [-0.05, 0) is 31.9 Å². The van der Waals surface area contributed by atoms with Crippen LogP contribution in [0.25, 0.3) is 0 Å². The average molecular weight is 213 g/mol. The van der Waals surface area contributed by atoms with Gasteiger partial charge in [0.25, 0.3) is 0 Å². The van der Waals surface area contributed by atoms with E-state index in [9.17, 15) is 5.11 Å². The predicted octanol–water partition coefficient (Wildman–Crippen LogP) is 2.23. The average Bonchev–Trinajstić information content (AvgIpc) is 2.46. The highest BCUT2D eigenvalue weighted by atomic mass is 32.1. The summed E-state index contributed by atoms with van der Waals surface area (Å²) in [5.74, 6) is 0. The zero-order valence-corrected chi connectivity index (χ0v) is 9.95. The SMILES string of the molecule is CCC(O)CNCc1cc(C)c(C)s1. The molecule has 0 saturated carbocycles. The monoisotopic (exact) mass is 213 g/mol. The van der Waals surface area contributed by atoms with Gasteiger partial charge in [0.05, 0.1) is 6.10 Å². The van der Waals surface area contributed by atoms with Crippen LogP contribution in [0.5, 0.6) is 0 Å². The van der Waals surface area contributed by atoms with E-state index in [1.807, 2.05) is 18.3 Å². The Balaban J connectivity index is 2.31. The summed E-state index contributed by atoms with van der Waals surface area (Å²) in [6.07, 6.45) is 0.604. The minimum atomic E-state index is -0.211. The molecule has 0 spiro atoms. The highest BCUT2D eigenvalue weighted by molar-refractivity contribution is 7.12. The first-order valence-electron chi connectivity index (χ1n) is 5.08. The molecule has 0 saturated heterocycles. The number of aliphatic hydroxyl groups is 1. The van der Waals surface area contributed by atoms with Crippen LogP contribution in [-0.2, 0) is 6.54 Å². The molecule has 0 fully saturated rings. The fourth-order valence-corrected chi connectivity index (χ4v) is 2.27. The highest BCUT2D eigenvalue weighted by Crippen LogP contribution is 2.20. The van der Waals surface area contributed by atoms with Gasteiger partial charge in [-0.2, -0.15) is 0 Å². The second kappa shape index (κ2) is 5.49. The highest BCUT2D eigenvalue weighted by Gasteiger charge is 2.02. The Kier molecular flexibility index (Phi) is 4.58. The maximum absolute atomic E-state index is 9.34. The maximum atomic E-state index is 9.34. The lowest BCUT2D eigenvalue weighted by Crippen LogP contribution is -2.25. The normalized spacial score (nSPS) is 13.1. The van der Waals surface area contributed by atoms with Crippen LogP contribution in [-0.4, -0.2) is 17.8 Å². The second-order valence-electron chi connectivity index (χ2n) is 3.64. The first-order chi connectivity index (χ1) is 6.63. The molecule has 2 N–H and O–H groups in total. The molecule has 14 heavy (non-hydrogen) atoms. The first-order valence-corrected chi connectivity index (χ1v) is 5.89. The minimum absolute atomic E-state index is 0.211. The van der Waals surface area contributed by atoms with Gasteiger partial charge in [-0.25, -0.2) is 0 Å². The summed E-state index contributed by atoms with van der Waals surface area (Å²) in [6, 6.07) is 2.21. The second-order valence-corrected chi connectivity index (χ2v) is 4.99. The van der Waals surface area contributed by atoms with Crippen molar-refractivity contribution in [2.45, 2.75) is 39.8 Å². The van der Waals surface area contributed by atoms with Crippen LogP contribution in [0.2, 0.25) is 0 Å². The van der Waals surface area contributed by atoms with Gasteiger partial charge in [0.15, 0.2) is 0 Å². The number of hydrogen-bond acceptors (Lipinski definition) is 3. The quantitative estimate of drug-likeness (QED) is 0.786. The van der Waals surface area contributed by atoms with Gasteiger partial charge in [0.1, 0.15) is 0 Å². The lowest BCUT2D eigenvalue weighted by molar-refractivity contribution is 0.167. The molecular formula is C11H19NOS. The smallest absolute Gasteiger partial charge is 0.0662 e. The number of aryl methyl sites for hydroxylation is 2. The van der Waals surface area contributed by atoms with E-state index in [4.69, 9.17) is 0 Å². The van der Waals surface area contributed by atoms with Gasteiger partial charge in [0, 0.05) is 22.8 Å². The summed E-state index contributed by atoms with van der Waals surface area (Å²) in [4.78, 5) is 2.74. The van der Waals surface area contributed by atoms with Crippen LogP contribution >= 0.6 is 11.3 Å². The van der Waals surface area contributed by atoms with E-state index in [0.717, 1.165) is 13.0 Å². The molecule has 0 aromatic carbocycles. The number of rotatable bonds is 5. The molecule has 1 aromatic heterocycles. The van der Waals surface area contributed by atoms with Crippen LogP contribution in [0.1, 0.15) is 28.7 Å². The zero-order chi connectivity index (χ0) is 10.6. The van der Waals surface area contributed by atoms with Crippen LogP contribution in [0.3, 0.4) is 0 Å². The Morgan fingerprint density at radius 2 is 2.21 bits per heavy atom. The van der Waals surface area contributed by atoms with E-state index in [1.165, 1.54) is 15.3 Å². The molecule has 2 nitrogen and oxygen atoms in total. The first kappa shape index (κ1) is 11.7. The van der Waals surface area contributed by atoms with E-state index in [0.29, 0.717) is 6.54 Å². The van der Waals surface area contributed by atoms with Crippen molar-refractivity contribution < 1.29 is 5.11 Å². The van der Waals surface area contributed by atoms with Crippen molar-refractivity contribution >= 4 is 11.3 Å². The minimum Gasteiger partial charge on any atom is -0.392 e. The van der Waals surface area contributed by atoms with E-state index in [1.54, 1.807) is 0 Å². The van der Waals surface area contributed by atoms with Crippen molar-refractivity contribution in [1.29, 1.82) is 0 Å². The van der Waals surface area contributed by atoms with E-state index in [-0.39, 0.29) is 6.10 Å². The molecule has 1 aromatic rings. The molecule has 0 amide bonds. The summed E-state index contributed by atoms with van der Waals surface area (Å²) in [5.41, 5.74) is 1.36. The van der Waals surface area contributed by atoms with Crippen molar-refractivity contribution in [3.63, 3.8) is 0 Å². The van der Waals surface area contributed by atoms with Crippen molar-refractivity contribution in [2.24, 2.45) is 0 Å². The summed E-state index contributed by atoms with van der Waals surface area (Å²) < 4.78 is 0. The molecule has 0 aliphatic heterocycles. The zero-order valence-electron chi connectivity index (χ0n) is 9.13. The maximum Gasteiger partial charge on any atom is 0.0662 e. The van der Waals surface area contributed by atoms with Crippen molar-refractivity contribution in [3.05, 3.63) is 21.4 Å². The molecule has 0 aliphatic carbocycles. The van der Waals surface area contributed by atoms with Gasteiger partial charge < -0.3 is 10.4 Å². The van der Waals surface area contributed by atoms with Gasteiger partial charge in [-0.3, -0.25) is 0 Å². The summed E-state index contributed by atoms with van der Waals surface area (Å²) in [6.45, 7) is 7.83. The molecule has 80 valence electrons. The van der Waals surface area contributed by atoms with Gasteiger partial charge in [0.2, 0.25) is 0 Å². The molecule has 0 aliphatic rings. The molecule has 1 heterocycles. The van der Waals surface area contributed by atoms with Gasteiger partial charge in [-0.1, -0.05) is 6.92 Å². The Morgan fingerprint density at radius 1 is 1.50 bits per heavy atom. The molecular weight excluding hydrogens is 194 g/mol. The Labute approximate surface area is 90.0 Å². The summed E-state index contributed by atoms with van der Waals surface area (Å²) >= 11 is 1.83. The predicted molar refractivity (Wildman–Crippen MR) is 61.8 cm³/mol. The number of hydrogen-bond donors (Lipinski definition) is 2. The molecule has 0 radical (unpaired) electrons. The standard InChI is InChI=1S/C11H19NOS/c1-4-10(13)6-12-7-11-5-8(2)9(3)14-11/h5,10,12-13H,4,6-7H2,1-3H3. The fourth-order valence-electron chi connectivity index (χ4n) is 1.24.